The fraction of sp³-hybridized carbons (Fsp3) is 0.333. The highest BCUT2D eigenvalue weighted by atomic mass is 16.5. The molecule has 1 aromatic carbocycles. The fourth-order valence-electron chi connectivity index (χ4n) is 3.56. The molecule has 0 saturated carbocycles. The first-order chi connectivity index (χ1) is 13.8. The maximum absolute atomic E-state index is 13.0. The van der Waals surface area contributed by atoms with Crippen LogP contribution in [0.15, 0.2) is 48.7 Å². The maximum Gasteiger partial charge on any atom is 0.259 e. The van der Waals surface area contributed by atoms with E-state index in [0.717, 1.165) is 24.5 Å². The number of carbonyl (C=O) groups is 1. The van der Waals surface area contributed by atoms with E-state index in [9.17, 15) is 4.79 Å². The van der Waals surface area contributed by atoms with Gasteiger partial charge in [-0.1, -0.05) is 30.3 Å². The highest BCUT2D eigenvalue weighted by Gasteiger charge is 2.24. The zero-order chi connectivity index (χ0) is 19.3. The highest BCUT2D eigenvalue weighted by molar-refractivity contribution is 5.96. The van der Waals surface area contributed by atoms with Gasteiger partial charge >= 0.3 is 0 Å². The second kappa shape index (κ2) is 8.21. The van der Waals surface area contributed by atoms with Crippen LogP contribution in [-0.2, 0) is 25.8 Å². The predicted molar refractivity (Wildman–Crippen MR) is 104 cm³/mol. The number of methoxy groups -OCH3 is 1. The van der Waals surface area contributed by atoms with Crippen LogP contribution < -0.4 is 4.74 Å². The molecule has 7 nitrogen and oxygen atoms in total. The van der Waals surface area contributed by atoms with Crippen molar-refractivity contribution in [2.75, 3.05) is 20.2 Å². The zero-order valence-corrected chi connectivity index (χ0v) is 15.9. The smallest absolute Gasteiger partial charge is 0.259 e. The Morgan fingerprint density at radius 2 is 1.89 bits per heavy atom. The lowest BCUT2D eigenvalue weighted by atomic mass is 10.1. The molecule has 0 bridgehead atoms. The molecule has 0 fully saturated rings. The molecule has 0 unspecified atom stereocenters. The first-order valence-corrected chi connectivity index (χ1v) is 9.49. The first-order valence-electron chi connectivity index (χ1n) is 9.49. The summed E-state index contributed by atoms with van der Waals surface area (Å²) >= 11 is 0. The summed E-state index contributed by atoms with van der Waals surface area (Å²) in [5, 5.41) is 8.76. The Hall–Kier alpha value is -3.22. The van der Waals surface area contributed by atoms with Crippen molar-refractivity contribution in [3.63, 3.8) is 0 Å². The van der Waals surface area contributed by atoms with E-state index in [-0.39, 0.29) is 5.91 Å². The maximum atomic E-state index is 13.0. The fourth-order valence-corrected chi connectivity index (χ4v) is 3.56. The number of carbonyl (C=O) groups excluding carboxylic acids is 1. The van der Waals surface area contributed by atoms with Crippen LogP contribution >= 0.6 is 0 Å². The molecule has 7 heteroatoms. The average Bonchev–Trinajstić information content (AvgIpc) is 3.01. The number of rotatable bonds is 5. The van der Waals surface area contributed by atoms with Crippen molar-refractivity contribution in [2.24, 2.45) is 0 Å². The summed E-state index contributed by atoms with van der Waals surface area (Å²) in [5.41, 5.74) is 1.78. The predicted octanol–water partition coefficient (Wildman–Crippen LogP) is 2.17. The van der Waals surface area contributed by atoms with Crippen LogP contribution in [-0.4, -0.2) is 50.8 Å². The van der Waals surface area contributed by atoms with Crippen molar-refractivity contribution in [1.29, 1.82) is 0 Å². The number of fused-ring (bicyclic) bond motifs is 1. The number of pyridine rings is 1. The Labute approximate surface area is 164 Å². The van der Waals surface area contributed by atoms with Gasteiger partial charge in [-0.15, -0.1) is 10.2 Å². The topological polar surface area (TPSA) is 73.1 Å². The quantitative estimate of drug-likeness (QED) is 0.681. The van der Waals surface area contributed by atoms with Crippen molar-refractivity contribution in [3.05, 3.63) is 71.4 Å². The van der Waals surface area contributed by atoms with Gasteiger partial charge in [0, 0.05) is 38.7 Å². The summed E-state index contributed by atoms with van der Waals surface area (Å²) in [5.74, 6) is 2.22. The van der Waals surface area contributed by atoms with Gasteiger partial charge in [-0.25, -0.2) is 4.98 Å². The lowest BCUT2D eigenvalue weighted by molar-refractivity contribution is 0.0754. The van der Waals surface area contributed by atoms with E-state index in [2.05, 4.69) is 44.0 Å². The highest BCUT2D eigenvalue weighted by Crippen LogP contribution is 2.19. The molecule has 4 rings (SSSR count). The van der Waals surface area contributed by atoms with Crippen LogP contribution in [0.1, 0.15) is 27.6 Å². The van der Waals surface area contributed by atoms with Gasteiger partial charge in [-0.3, -0.25) is 4.79 Å². The standard InChI is InChI=1S/C21H23N5O2/c1-28-20-17(8-5-12-22-20)21(27)25-13-11-19-24-23-18(26(19)15-14-25)10-9-16-6-3-2-4-7-16/h2-8,12H,9-11,13-15H2,1H3. The summed E-state index contributed by atoms with van der Waals surface area (Å²) in [4.78, 5) is 18.9. The number of hydrogen-bond donors (Lipinski definition) is 0. The van der Waals surface area contributed by atoms with Gasteiger partial charge in [0.2, 0.25) is 5.88 Å². The molecule has 1 aliphatic heterocycles. The second-order valence-electron chi connectivity index (χ2n) is 6.77. The third-order valence-electron chi connectivity index (χ3n) is 5.07. The van der Waals surface area contributed by atoms with E-state index in [1.807, 2.05) is 11.0 Å². The lowest BCUT2D eigenvalue weighted by Gasteiger charge is -2.20. The number of hydrogen-bond acceptors (Lipinski definition) is 5. The molecule has 0 N–H and O–H groups in total. The monoisotopic (exact) mass is 377 g/mol. The molecule has 0 radical (unpaired) electrons. The van der Waals surface area contributed by atoms with E-state index in [4.69, 9.17) is 4.74 Å². The van der Waals surface area contributed by atoms with Crippen LogP contribution in [0.4, 0.5) is 0 Å². The summed E-state index contributed by atoms with van der Waals surface area (Å²) < 4.78 is 7.41. The summed E-state index contributed by atoms with van der Waals surface area (Å²) in [6.45, 7) is 1.91. The third kappa shape index (κ3) is 3.74. The number of aromatic nitrogens is 4. The minimum Gasteiger partial charge on any atom is -0.480 e. The molecule has 3 heterocycles. The molecular formula is C21H23N5O2. The molecule has 0 atom stereocenters. The van der Waals surface area contributed by atoms with E-state index in [1.54, 1.807) is 18.3 Å². The molecule has 3 aromatic rings. The Kier molecular flexibility index (Phi) is 5.32. The van der Waals surface area contributed by atoms with Crippen molar-refractivity contribution in [2.45, 2.75) is 25.8 Å². The lowest BCUT2D eigenvalue weighted by Crippen LogP contribution is -2.34. The second-order valence-corrected chi connectivity index (χ2v) is 6.77. The molecule has 28 heavy (non-hydrogen) atoms. The largest absolute Gasteiger partial charge is 0.480 e. The molecule has 1 aliphatic rings. The van der Waals surface area contributed by atoms with Gasteiger partial charge in [0.25, 0.3) is 5.91 Å². The number of nitrogens with zero attached hydrogens (tertiary/aromatic N) is 5. The third-order valence-corrected chi connectivity index (χ3v) is 5.07. The van der Waals surface area contributed by atoms with Crippen LogP contribution in [0.3, 0.4) is 0 Å². The first kappa shape index (κ1) is 18.2. The van der Waals surface area contributed by atoms with Gasteiger partial charge in [0.1, 0.15) is 17.2 Å². The number of amides is 1. The van der Waals surface area contributed by atoms with Gasteiger partial charge in [-0.2, -0.15) is 0 Å². The summed E-state index contributed by atoms with van der Waals surface area (Å²) in [6.07, 6.45) is 4.07. The van der Waals surface area contributed by atoms with Crippen LogP contribution in [0.25, 0.3) is 0 Å². The van der Waals surface area contributed by atoms with Crippen LogP contribution in [0, 0.1) is 0 Å². The van der Waals surface area contributed by atoms with Crippen molar-refractivity contribution in [3.8, 4) is 5.88 Å². The van der Waals surface area contributed by atoms with Crippen LogP contribution in [0.2, 0.25) is 0 Å². The molecular weight excluding hydrogens is 354 g/mol. The molecule has 0 aliphatic carbocycles. The van der Waals surface area contributed by atoms with Crippen molar-refractivity contribution < 1.29 is 9.53 Å². The van der Waals surface area contributed by atoms with E-state index >= 15 is 0 Å². The van der Waals surface area contributed by atoms with Gasteiger partial charge in [-0.05, 0) is 24.1 Å². The van der Waals surface area contributed by atoms with Gasteiger partial charge in [0.15, 0.2) is 0 Å². The zero-order valence-electron chi connectivity index (χ0n) is 15.9. The summed E-state index contributed by atoms with van der Waals surface area (Å²) in [6, 6.07) is 13.9. The van der Waals surface area contributed by atoms with E-state index in [1.165, 1.54) is 12.7 Å². The average molecular weight is 377 g/mol. The van der Waals surface area contributed by atoms with Gasteiger partial charge in [0.05, 0.1) is 7.11 Å². The summed E-state index contributed by atoms with van der Waals surface area (Å²) in [7, 11) is 1.53. The van der Waals surface area contributed by atoms with E-state index < -0.39 is 0 Å². The minimum absolute atomic E-state index is 0.0607. The number of ether oxygens (including phenoxy) is 1. The normalized spacial score (nSPS) is 13.7. The molecule has 1 amide bonds. The molecule has 0 saturated heterocycles. The SMILES string of the molecule is COc1ncccc1C(=O)N1CCc2nnc(CCc3ccccc3)n2CC1. The number of benzene rings is 1. The Bertz CT molecular complexity index is 954. The minimum atomic E-state index is -0.0607. The Morgan fingerprint density at radius 3 is 2.71 bits per heavy atom. The van der Waals surface area contributed by atoms with Crippen molar-refractivity contribution >= 4 is 5.91 Å². The van der Waals surface area contributed by atoms with Gasteiger partial charge < -0.3 is 14.2 Å². The van der Waals surface area contributed by atoms with Crippen molar-refractivity contribution in [1.82, 2.24) is 24.6 Å². The van der Waals surface area contributed by atoms with E-state index in [0.29, 0.717) is 37.5 Å². The number of aryl methyl sites for hydroxylation is 2. The molecule has 2 aromatic heterocycles. The molecule has 144 valence electrons. The Balaban J connectivity index is 1.45. The molecule has 0 spiro atoms. The van der Waals surface area contributed by atoms with Crippen LogP contribution in [0.5, 0.6) is 5.88 Å². The Morgan fingerprint density at radius 1 is 1.04 bits per heavy atom.